The van der Waals surface area contributed by atoms with Gasteiger partial charge >= 0.3 is 0 Å². The number of nitrogens with one attached hydrogen (secondary N) is 1. The van der Waals surface area contributed by atoms with E-state index in [1.165, 1.54) is 23.5 Å². The number of hydrogen-bond donors (Lipinski definition) is 2. The molecule has 6 heteroatoms. The van der Waals surface area contributed by atoms with Crippen molar-refractivity contribution in [2.45, 2.75) is 19.9 Å². The number of aromatic nitrogens is 2. The van der Waals surface area contributed by atoms with Crippen molar-refractivity contribution in [1.82, 2.24) is 10.2 Å². The molecule has 0 saturated carbocycles. The molecule has 2 N–H and O–H groups in total. The Hall–Kier alpha value is -1.69. The van der Waals surface area contributed by atoms with Crippen molar-refractivity contribution in [3.63, 3.8) is 0 Å². The maximum absolute atomic E-state index is 13.1. The average Bonchev–Trinajstić information content (AvgIpc) is 2.79. The van der Waals surface area contributed by atoms with E-state index in [1.807, 2.05) is 6.92 Å². The number of anilines is 1. The number of aromatic hydroxyl groups is 1. The molecule has 17 heavy (non-hydrogen) atoms. The number of aryl methyl sites for hydroxylation is 1. The van der Waals surface area contributed by atoms with Gasteiger partial charge in [-0.15, -0.1) is 10.2 Å². The van der Waals surface area contributed by atoms with Gasteiger partial charge in [0.15, 0.2) is 11.6 Å². The zero-order valence-corrected chi connectivity index (χ0v) is 10.1. The Balaban J connectivity index is 1.99. The highest BCUT2D eigenvalue weighted by molar-refractivity contribution is 7.15. The van der Waals surface area contributed by atoms with Gasteiger partial charge in [-0.3, -0.25) is 0 Å². The minimum Gasteiger partial charge on any atom is -0.505 e. The van der Waals surface area contributed by atoms with Gasteiger partial charge in [0.05, 0.1) is 0 Å². The summed E-state index contributed by atoms with van der Waals surface area (Å²) in [5, 5.41) is 21.7. The molecule has 1 aromatic heterocycles. The Kier molecular flexibility index (Phi) is 3.53. The molecule has 0 saturated heterocycles. The number of halogens is 1. The first kappa shape index (κ1) is 11.8. The SMILES string of the molecule is CCc1nnc(NCc2ccc(O)c(F)c2)s1. The van der Waals surface area contributed by atoms with Crippen LogP contribution in [0.25, 0.3) is 0 Å². The molecule has 1 aromatic carbocycles. The van der Waals surface area contributed by atoms with E-state index in [-0.39, 0.29) is 5.75 Å². The van der Waals surface area contributed by atoms with E-state index in [9.17, 15) is 4.39 Å². The van der Waals surface area contributed by atoms with Crippen LogP contribution in [0.4, 0.5) is 9.52 Å². The van der Waals surface area contributed by atoms with Crippen LogP contribution >= 0.6 is 11.3 Å². The van der Waals surface area contributed by atoms with Crippen molar-refractivity contribution >= 4 is 16.5 Å². The molecule has 90 valence electrons. The van der Waals surface area contributed by atoms with Gasteiger partial charge in [-0.2, -0.15) is 0 Å². The summed E-state index contributed by atoms with van der Waals surface area (Å²) in [6, 6.07) is 4.29. The molecule has 0 unspecified atom stereocenters. The Labute approximate surface area is 102 Å². The van der Waals surface area contributed by atoms with E-state index >= 15 is 0 Å². The number of rotatable bonds is 4. The second-order valence-corrected chi connectivity index (χ2v) is 4.56. The Morgan fingerprint density at radius 1 is 1.41 bits per heavy atom. The smallest absolute Gasteiger partial charge is 0.205 e. The minimum absolute atomic E-state index is 0.335. The van der Waals surface area contributed by atoms with Crippen molar-refractivity contribution in [3.8, 4) is 5.75 Å². The summed E-state index contributed by atoms with van der Waals surface area (Å²) in [6.45, 7) is 2.47. The predicted octanol–water partition coefficient (Wildman–Crippen LogP) is 2.56. The zero-order valence-electron chi connectivity index (χ0n) is 9.27. The highest BCUT2D eigenvalue weighted by atomic mass is 32.1. The molecule has 0 fully saturated rings. The van der Waals surface area contributed by atoms with Crippen LogP contribution in [0, 0.1) is 5.82 Å². The number of phenols is 1. The monoisotopic (exact) mass is 253 g/mol. The summed E-state index contributed by atoms with van der Waals surface area (Å²) < 4.78 is 13.1. The fourth-order valence-corrected chi connectivity index (χ4v) is 1.98. The Bertz CT molecular complexity index is 515. The quantitative estimate of drug-likeness (QED) is 0.879. The van der Waals surface area contributed by atoms with Gasteiger partial charge in [0.2, 0.25) is 5.13 Å². The standard InChI is InChI=1S/C11H12FN3OS/c1-2-10-14-15-11(17-10)13-6-7-3-4-9(16)8(12)5-7/h3-5,16H,2,6H2,1H3,(H,13,15). The van der Waals surface area contributed by atoms with E-state index in [4.69, 9.17) is 5.11 Å². The molecule has 0 bridgehead atoms. The maximum atomic E-state index is 13.1. The lowest BCUT2D eigenvalue weighted by Crippen LogP contribution is -1.99. The first-order valence-corrected chi connectivity index (χ1v) is 6.04. The van der Waals surface area contributed by atoms with E-state index in [2.05, 4.69) is 15.5 Å². The lowest BCUT2D eigenvalue weighted by atomic mass is 10.2. The third-order valence-electron chi connectivity index (χ3n) is 2.23. The van der Waals surface area contributed by atoms with Gasteiger partial charge in [0.1, 0.15) is 5.01 Å². The van der Waals surface area contributed by atoms with Crippen molar-refractivity contribution in [2.75, 3.05) is 5.32 Å². The average molecular weight is 253 g/mol. The van der Waals surface area contributed by atoms with Crippen LogP contribution < -0.4 is 5.32 Å². The predicted molar refractivity (Wildman–Crippen MR) is 64.7 cm³/mol. The van der Waals surface area contributed by atoms with Crippen molar-refractivity contribution in [2.24, 2.45) is 0 Å². The fourth-order valence-electron chi connectivity index (χ4n) is 1.31. The third kappa shape index (κ3) is 2.91. The van der Waals surface area contributed by atoms with Crippen molar-refractivity contribution in [1.29, 1.82) is 0 Å². The van der Waals surface area contributed by atoms with Crippen LogP contribution in [-0.4, -0.2) is 15.3 Å². The molecule has 0 amide bonds. The highest BCUT2D eigenvalue weighted by Gasteiger charge is 2.04. The summed E-state index contributed by atoms with van der Waals surface area (Å²) in [4.78, 5) is 0. The molecular weight excluding hydrogens is 241 g/mol. The largest absolute Gasteiger partial charge is 0.505 e. The Morgan fingerprint density at radius 2 is 2.24 bits per heavy atom. The first-order chi connectivity index (χ1) is 8.19. The number of nitrogens with zero attached hydrogens (tertiary/aromatic N) is 2. The van der Waals surface area contributed by atoms with Crippen LogP contribution in [0.1, 0.15) is 17.5 Å². The molecule has 0 aliphatic heterocycles. The van der Waals surface area contributed by atoms with Crippen LogP contribution in [0.5, 0.6) is 5.75 Å². The van der Waals surface area contributed by atoms with Gasteiger partial charge in [-0.1, -0.05) is 24.3 Å². The molecule has 0 atom stereocenters. The van der Waals surface area contributed by atoms with E-state index in [0.717, 1.165) is 22.1 Å². The number of benzene rings is 1. The van der Waals surface area contributed by atoms with Gasteiger partial charge in [0, 0.05) is 6.54 Å². The first-order valence-electron chi connectivity index (χ1n) is 5.22. The normalized spacial score (nSPS) is 10.5. The van der Waals surface area contributed by atoms with E-state index < -0.39 is 5.82 Å². The molecule has 4 nitrogen and oxygen atoms in total. The summed E-state index contributed by atoms with van der Waals surface area (Å²) in [6.07, 6.45) is 0.854. The maximum Gasteiger partial charge on any atom is 0.205 e. The minimum atomic E-state index is -0.615. The lowest BCUT2D eigenvalue weighted by Gasteiger charge is -2.03. The second kappa shape index (κ2) is 5.09. The van der Waals surface area contributed by atoms with E-state index in [0.29, 0.717) is 6.54 Å². The van der Waals surface area contributed by atoms with Crippen LogP contribution in [0.2, 0.25) is 0 Å². The van der Waals surface area contributed by atoms with Gasteiger partial charge in [-0.05, 0) is 24.1 Å². The van der Waals surface area contributed by atoms with Crippen LogP contribution in [-0.2, 0) is 13.0 Å². The summed E-state index contributed by atoms with van der Waals surface area (Å²) in [5.41, 5.74) is 0.744. The zero-order chi connectivity index (χ0) is 12.3. The highest BCUT2D eigenvalue weighted by Crippen LogP contribution is 2.19. The van der Waals surface area contributed by atoms with Crippen LogP contribution in [0.3, 0.4) is 0 Å². The summed E-state index contributed by atoms with van der Waals surface area (Å²) >= 11 is 1.48. The molecule has 0 spiro atoms. The summed E-state index contributed by atoms with van der Waals surface area (Å²) in [7, 11) is 0. The van der Waals surface area contributed by atoms with Gasteiger partial charge in [-0.25, -0.2) is 4.39 Å². The van der Waals surface area contributed by atoms with Gasteiger partial charge < -0.3 is 10.4 Å². The number of phenolic OH excluding ortho intramolecular Hbond substituents is 1. The molecule has 2 aromatic rings. The lowest BCUT2D eigenvalue weighted by molar-refractivity contribution is 0.432. The van der Waals surface area contributed by atoms with Gasteiger partial charge in [0.25, 0.3) is 0 Å². The van der Waals surface area contributed by atoms with Crippen molar-refractivity contribution in [3.05, 3.63) is 34.6 Å². The number of hydrogen-bond acceptors (Lipinski definition) is 5. The molecule has 0 aliphatic carbocycles. The summed E-state index contributed by atoms with van der Waals surface area (Å²) in [5.74, 6) is -0.950. The topological polar surface area (TPSA) is 58.0 Å². The third-order valence-corrected chi connectivity index (χ3v) is 3.25. The Morgan fingerprint density at radius 3 is 2.88 bits per heavy atom. The molecule has 0 aliphatic rings. The van der Waals surface area contributed by atoms with E-state index in [1.54, 1.807) is 6.07 Å². The van der Waals surface area contributed by atoms with Crippen molar-refractivity contribution < 1.29 is 9.50 Å². The van der Waals surface area contributed by atoms with Crippen LogP contribution in [0.15, 0.2) is 18.2 Å². The fraction of sp³-hybridized carbons (Fsp3) is 0.273. The second-order valence-electron chi connectivity index (χ2n) is 3.49. The molecule has 0 radical (unpaired) electrons. The molecular formula is C11H12FN3OS. The molecule has 2 rings (SSSR count). The molecule has 1 heterocycles.